The van der Waals surface area contributed by atoms with Crippen molar-refractivity contribution in [2.45, 2.75) is 19.8 Å². The Bertz CT molecular complexity index is 393. The molecule has 17 heavy (non-hydrogen) atoms. The summed E-state index contributed by atoms with van der Waals surface area (Å²) in [5, 5.41) is 3.33. The Hall–Kier alpha value is -0.880. The molecule has 0 bridgehead atoms. The number of hydrogen-bond donors (Lipinski definition) is 2. The Morgan fingerprint density at radius 1 is 1.47 bits per heavy atom. The summed E-state index contributed by atoms with van der Waals surface area (Å²) in [5.74, 6) is 1.21. The normalized spacial score (nSPS) is 18.9. The number of nitrogen functional groups attached to an aromatic ring is 1. The SMILES string of the molecule is CC1(CNc2ncnc(N)c2Br)CCOCC1. The Morgan fingerprint density at radius 2 is 2.18 bits per heavy atom. The molecule has 0 aliphatic carbocycles. The van der Waals surface area contributed by atoms with Gasteiger partial charge in [-0.3, -0.25) is 0 Å². The molecule has 2 rings (SSSR count). The standard InChI is InChI=1S/C11H17BrN4O/c1-11(2-4-17-5-3-11)6-14-10-8(12)9(13)15-7-16-10/h7H,2-6H2,1H3,(H3,13,14,15,16). The fraction of sp³-hybridized carbons (Fsp3) is 0.636. The van der Waals surface area contributed by atoms with E-state index < -0.39 is 0 Å². The van der Waals surface area contributed by atoms with Crippen molar-refractivity contribution in [2.24, 2.45) is 5.41 Å². The van der Waals surface area contributed by atoms with Gasteiger partial charge in [0.15, 0.2) is 0 Å². The molecule has 0 atom stereocenters. The van der Waals surface area contributed by atoms with E-state index in [0.29, 0.717) is 5.82 Å². The molecule has 1 saturated heterocycles. The minimum atomic E-state index is 0.261. The van der Waals surface area contributed by atoms with E-state index in [1.807, 2.05) is 0 Å². The monoisotopic (exact) mass is 300 g/mol. The van der Waals surface area contributed by atoms with Gasteiger partial charge >= 0.3 is 0 Å². The molecule has 1 aromatic heterocycles. The number of rotatable bonds is 3. The molecule has 0 spiro atoms. The summed E-state index contributed by atoms with van der Waals surface area (Å²) in [5.41, 5.74) is 5.97. The van der Waals surface area contributed by atoms with Crippen molar-refractivity contribution in [3.63, 3.8) is 0 Å². The maximum atomic E-state index is 5.70. The second-order valence-corrected chi connectivity index (χ2v) is 5.49. The van der Waals surface area contributed by atoms with Crippen LogP contribution < -0.4 is 11.1 Å². The number of aromatic nitrogens is 2. The van der Waals surface area contributed by atoms with Crippen LogP contribution in [0, 0.1) is 5.41 Å². The fourth-order valence-corrected chi connectivity index (χ4v) is 2.19. The molecule has 0 radical (unpaired) electrons. The van der Waals surface area contributed by atoms with Crippen molar-refractivity contribution >= 4 is 27.6 Å². The Morgan fingerprint density at radius 3 is 2.88 bits per heavy atom. The van der Waals surface area contributed by atoms with Crippen LogP contribution in [-0.2, 0) is 4.74 Å². The Kier molecular flexibility index (Phi) is 3.83. The van der Waals surface area contributed by atoms with E-state index in [1.54, 1.807) is 0 Å². The van der Waals surface area contributed by atoms with E-state index in [0.717, 1.165) is 42.9 Å². The third kappa shape index (κ3) is 3.07. The van der Waals surface area contributed by atoms with E-state index in [1.165, 1.54) is 6.33 Å². The van der Waals surface area contributed by atoms with Gasteiger partial charge in [-0.15, -0.1) is 0 Å². The molecular weight excluding hydrogens is 284 g/mol. The first-order chi connectivity index (χ1) is 8.11. The van der Waals surface area contributed by atoms with Crippen molar-refractivity contribution in [2.75, 3.05) is 30.8 Å². The van der Waals surface area contributed by atoms with E-state index in [-0.39, 0.29) is 5.41 Å². The van der Waals surface area contributed by atoms with E-state index in [9.17, 15) is 0 Å². The highest BCUT2D eigenvalue weighted by molar-refractivity contribution is 9.10. The lowest BCUT2D eigenvalue weighted by Gasteiger charge is -2.33. The van der Waals surface area contributed by atoms with Gasteiger partial charge in [0, 0.05) is 19.8 Å². The van der Waals surface area contributed by atoms with Gasteiger partial charge in [-0.1, -0.05) is 6.92 Å². The predicted octanol–water partition coefficient (Wildman–Crippen LogP) is 2.05. The van der Waals surface area contributed by atoms with Crippen LogP contribution in [0.5, 0.6) is 0 Å². The molecule has 6 heteroatoms. The van der Waals surface area contributed by atoms with Gasteiger partial charge in [0.1, 0.15) is 22.4 Å². The lowest BCUT2D eigenvalue weighted by molar-refractivity contribution is 0.0299. The summed E-state index contributed by atoms with van der Waals surface area (Å²) < 4.78 is 6.11. The second kappa shape index (κ2) is 5.18. The fourth-order valence-electron chi connectivity index (χ4n) is 1.84. The number of ether oxygens (including phenoxy) is 1. The number of halogens is 1. The second-order valence-electron chi connectivity index (χ2n) is 4.70. The minimum Gasteiger partial charge on any atom is -0.383 e. The van der Waals surface area contributed by atoms with Crippen LogP contribution in [0.1, 0.15) is 19.8 Å². The van der Waals surface area contributed by atoms with Crippen molar-refractivity contribution in [1.29, 1.82) is 0 Å². The maximum Gasteiger partial charge on any atom is 0.145 e. The first-order valence-corrected chi connectivity index (χ1v) is 6.48. The average Bonchev–Trinajstić information content (AvgIpc) is 2.32. The van der Waals surface area contributed by atoms with Gasteiger partial charge in [-0.25, -0.2) is 9.97 Å². The summed E-state index contributed by atoms with van der Waals surface area (Å²) in [6.45, 7) is 4.81. The topological polar surface area (TPSA) is 73.1 Å². The zero-order valence-electron chi connectivity index (χ0n) is 9.87. The number of nitrogens with one attached hydrogen (secondary N) is 1. The molecule has 94 valence electrons. The summed E-state index contributed by atoms with van der Waals surface area (Å²) in [6, 6.07) is 0. The summed E-state index contributed by atoms with van der Waals surface area (Å²) in [6.07, 6.45) is 3.60. The van der Waals surface area contributed by atoms with Gasteiger partial charge in [-0.05, 0) is 34.2 Å². The molecule has 5 nitrogen and oxygen atoms in total. The van der Waals surface area contributed by atoms with Crippen LogP contribution in [-0.4, -0.2) is 29.7 Å². The van der Waals surface area contributed by atoms with E-state index in [2.05, 4.69) is 38.1 Å². The predicted molar refractivity (Wildman–Crippen MR) is 70.8 cm³/mol. The summed E-state index contributed by atoms with van der Waals surface area (Å²) in [7, 11) is 0. The summed E-state index contributed by atoms with van der Waals surface area (Å²) in [4.78, 5) is 8.09. The largest absolute Gasteiger partial charge is 0.383 e. The molecular formula is C11H17BrN4O. The first-order valence-electron chi connectivity index (χ1n) is 5.68. The first kappa shape index (κ1) is 12.6. The van der Waals surface area contributed by atoms with Crippen molar-refractivity contribution < 1.29 is 4.74 Å². The van der Waals surface area contributed by atoms with Gasteiger partial charge in [-0.2, -0.15) is 0 Å². The van der Waals surface area contributed by atoms with Crippen molar-refractivity contribution in [3.05, 3.63) is 10.8 Å². The molecule has 2 heterocycles. The lowest BCUT2D eigenvalue weighted by atomic mass is 9.82. The minimum absolute atomic E-state index is 0.261. The molecule has 0 amide bonds. The molecule has 0 aromatic carbocycles. The zero-order valence-corrected chi connectivity index (χ0v) is 11.5. The molecule has 1 aromatic rings. The molecule has 1 aliphatic rings. The summed E-state index contributed by atoms with van der Waals surface area (Å²) >= 11 is 3.39. The third-order valence-corrected chi connectivity index (χ3v) is 3.98. The zero-order chi connectivity index (χ0) is 12.3. The van der Waals surface area contributed by atoms with E-state index in [4.69, 9.17) is 10.5 Å². The highest BCUT2D eigenvalue weighted by Gasteiger charge is 2.27. The van der Waals surface area contributed by atoms with Crippen molar-refractivity contribution in [1.82, 2.24) is 9.97 Å². The molecule has 1 fully saturated rings. The van der Waals surface area contributed by atoms with Crippen LogP contribution in [0.15, 0.2) is 10.8 Å². The maximum absolute atomic E-state index is 5.70. The highest BCUT2D eigenvalue weighted by atomic mass is 79.9. The van der Waals surface area contributed by atoms with Gasteiger partial charge in [0.05, 0.1) is 0 Å². The van der Waals surface area contributed by atoms with Crippen LogP contribution in [0.3, 0.4) is 0 Å². The third-order valence-electron chi connectivity index (χ3n) is 3.20. The molecule has 3 N–H and O–H groups in total. The highest BCUT2D eigenvalue weighted by Crippen LogP contribution is 2.31. The Balaban J connectivity index is 1.99. The van der Waals surface area contributed by atoms with Gasteiger partial charge < -0.3 is 15.8 Å². The van der Waals surface area contributed by atoms with Gasteiger partial charge in [0.2, 0.25) is 0 Å². The molecule has 0 unspecified atom stereocenters. The van der Waals surface area contributed by atoms with E-state index >= 15 is 0 Å². The lowest BCUT2D eigenvalue weighted by Crippen LogP contribution is -2.33. The van der Waals surface area contributed by atoms with Crippen LogP contribution in [0.2, 0.25) is 0 Å². The van der Waals surface area contributed by atoms with Gasteiger partial charge in [0.25, 0.3) is 0 Å². The van der Waals surface area contributed by atoms with Crippen molar-refractivity contribution in [3.8, 4) is 0 Å². The number of nitrogens with two attached hydrogens (primary N) is 1. The number of hydrogen-bond acceptors (Lipinski definition) is 5. The Labute approximate surface area is 109 Å². The smallest absolute Gasteiger partial charge is 0.145 e. The average molecular weight is 301 g/mol. The molecule has 0 saturated carbocycles. The quantitative estimate of drug-likeness (QED) is 0.894. The van der Waals surface area contributed by atoms with Crippen LogP contribution in [0.25, 0.3) is 0 Å². The number of anilines is 2. The molecule has 1 aliphatic heterocycles. The van der Waals surface area contributed by atoms with Crippen LogP contribution >= 0.6 is 15.9 Å². The van der Waals surface area contributed by atoms with Crippen LogP contribution in [0.4, 0.5) is 11.6 Å². The number of nitrogens with zero attached hydrogens (tertiary/aromatic N) is 2.